The highest BCUT2D eigenvalue weighted by Crippen LogP contribution is 2.30. The van der Waals surface area contributed by atoms with Gasteiger partial charge in [-0.25, -0.2) is 4.79 Å². The summed E-state index contributed by atoms with van der Waals surface area (Å²) in [5.74, 6) is 1.76. The van der Waals surface area contributed by atoms with E-state index in [1.54, 1.807) is 0 Å². The number of rotatable bonds is 6. The lowest BCUT2D eigenvalue weighted by Gasteiger charge is -2.32. The van der Waals surface area contributed by atoms with E-state index in [9.17, 15) is 4.79 Å². The topological polar surface area (TPSA) is 41.6 Å². The zero-order chi connectivity index (χ0) is 21.2. The van der Waals surface area contributed by atoms with Gasteiger partial charge >= 0.3 is 6.09 Å². The van der Waals surface area contributed by atoms with Crippen LogP contribution in [0.1, 0.15) is 77.8 Å². The molecule has 0 spiro atoms. The van der Waals surface area contributed by atoms with Gasteiger partial charge in [-0.2, -0.15) is 0 Å². The molecule has 1 aromatic rings. The normalized spacial score (nSPS) is 25.2. The maximum Gasteiger partial charge on any atom is 0.410 e. The van der Waals surface area contributed by atoms with Crippen LogP contribution in [0.15, 0.2) is 24.3 Å². The van der Waals surface area contributed by atoms with Gasteiger partial charge in [0.25, 0.3) is 0 Å². The van der Waals surface area contributed by atoms with Crippen molar-refractivity contribution in [3.63, 3.8) is 0 Å². The largest absolute Gasteiger partial charge is 0.443 e. The molecule has 3 rings (SSSR count). The molecular formula is C25H40N2O2. The van der Waals surface area contributed by atoms with Crippen LogP contribution in [0.4, 0.5) is 4.79 Å². The predicted molar refractivity (Wildman–Crippen MR) is 119 cm³/mol. The van der Waals surface area contributed by atoms with Crippen molar-refractivity contribution in [1.29, 1.82) is 0 Å². The third-order valence-corrected chi connectivity index (χ3v) is 6.72. The predicted octanol–water partition coefficient (Wildman–Crippen LogP) is 5.37. The van der Waals surface area contributed by atoms with Gasteiger partial charge in [-0.1, -0.05) is 52.0 Å². The van der Waals surface area contributed by atoms with E-state index in [0.717, 1.165) is 32.4 Å². The van der Waals surface area contributed by atoms with E-state index < -0.39 is 5.60 Å². The average molecular weight is 401 g/mol. The summed E-state index contributed by atoms with van der Waals surface area (Å²) in [5.41, 5.74) is 2.12. The van der Waals surface area contributed by atoms with Gasteiger partial charge in [0.15, 0.2) is 0 Å². The van der Waals surface area contributed by atoms with E-state index in [1.165, 1.54) is 17.5 Å². The smallest absolute Gasteiger partial charge is 0.410 e. The van der Waals surface area contributed by atoms with Gasteiger partial charge in [0, 0.05) is 31.6 Å². The molecule has 162 valence electrons. The molecule has 1 amide bonds. The summed E-state index contributed by atoms with van der Waals surface area (Å²) >= 11 is 0. The Balaban J connectivity index is 1.57. The molecule has 2 saturated heterocycles. The SMILES string of the molecule is CC(C)[C@@H]1C[C@H](c2ccc(CC(C)(C)OC(=O)N3CCC[C@H]3C(C)C)cc2)CN1. The fourth-order valence-electron chi connectivity index (χ4n) is 4.97. The van der Waals surface area contributed by atoms with E-state index in [4.69, 9.17) is 4.74 Å². The van der Waals surface area contributed by atoms with Crippen LogP contribution in [0.3, 0.4) is 0 Å². The Bertz CT molecular complexity index is 681. The zero-order valence-corrected chi connectivity index (χ0v) is 19.2. The van der Waals surface area contributed by atoms with Crippen LogP contribution in [0.5, 0.6) is 0 Å². The standard InChI is InChI=1S/C25H40N2O2/c1-17(2)22-14-21(16-26-22)20-11-9-19(10-12-20)15-25(5,6)29-24(28)27-13-7-8-23(27)18(3)4/h9-12,17-18,21-23,26H,7-8,13-16H2,1-6H3/t21-,22-,23-/m0/s1. The Hall–Kier alpha value is -1.55. The third-order valence-electron chi connectivity index (χ3n) is 6.72. The van der Waals surface area contributed by atoms with E-state index in [2.05, 4.69) is 57.3 Å². The van der Waals surface area contributed by atoms with Gasteiger partial charge in [0.2, 0.25) is 0 Å². The van der Waals surface area contributed by atoms with Crippen LogP contribution in [-0.2, 0) is 11.2 Å². The summed E-state index contributed by atoms with van der Waals surface area (Å²) in [6.45, 7) is 14.9. The molecule has 2 aliphatic rings. The molecule has 1 aromatic carbocycles. The van der Waals surface area contributed by atoms with Crippen LogP contribution < -0.4 is 5.32 Å². The van der Waals surface area contributed by atoms with Crippen LogP contribution in [0.2, 0.25) is 0 Å². The van der Waals surface area contributed by atoms with E-state index in [-0.39, 0.29) is 6.09 Å². The van der Waals surface area contributed by atoms with Crippen molar-refractivity contribution >= 4 is 6.09 Å². The fraction of sp³-hybridized carbons (Fsp3) is 0.720. The molecule has 0 radical (unpaired) electrons. The first-order chi connectivity index (χ1) is 13.7. The van der Waals surface area contributed by atoms with Gasteiger partial charge in [-0.3, -0.25) is 0 Å². The molecule has 4 nitrogen and oxygen atoms in total. The molecule has 2 aliphatic heterocycles. The molecular weight excluding hydrogens is 360 g/mol. The lowest BCUT2D eigenvalue weighted by atomic mass is 9.91. The number of nitrogens with one attached hydrogen (secondary N) is 1. The summed E-state index contributed by atoms with van der Waals surface area (Å²) in [4.78, 5) is 14.7. The van der Waals surface area contributed by atoms with Gasteiger partial charge in [0.05, 0.1) is 0 Å². The molecule has 3 atom stereocenters. The monoisotopic (exact) mass is 400 g/mol. The van der Waals surface area contributed by atoms with Crippen molar-refractivity contribution in [3.05, 3.63) is 35.4 Å². The Morgan fingerprint density at radius 2 is 1.86 bits per heavy atom. The van der Waals surface area contributed by atoms with E-state index in [1.807, 2.05) is 18.7 Å². The van der Waals surface area contributed by atoms with Gasteiger partial charge in [0.1, 0.15) is 5.60 Å². The van der Waals surface area contributed by atoms with Crippen LogP contribution >= 0.6 is 0 Å². The Morgan fingerprint density at radius 1 is 1.17 bits per heavy atom. The quantitative estimate of drug-likeness (QED) is 0.698. The number of likely N-dealkylation sites (tertiary alicyclic amines) is 1. The highest BCUT2D eigenvalue weighted by Gasteiger charge is 2.35. The van der Waals surface area contributed by atoms with Crippen molar-refractivity contribution in [3.8, 4) is 0 Å². The number of nitrogens with zero attached hydrogens (tertiary/aromatic N) is 1. The summed E-state index contributed by atoms with van der Waals surface area (Å²) in [6.07, 6.45) is 3.96. The lowest BCUT2D eigenvalue weighted by molar-refractivity contribution is 0.00855. The Kier molecular flexibility index (Phi) is 6.93. The number of benzene rings is 1. The Morgan fingerprint density at radius 3 is 2.45 bits per heavy atom. The van der Waals surface area contributed by atoms with E-state index in [0.29, 0.717) is 29.8 Å². The van der Waals surface area contributed by atoms with Crippen molar-refractivity contribution in [2.75, 3.05) is 13.1 Å². The average Bonchev–Trinajstić information content (AvgIpc) is 3.31. The molecule has 29 heavy (non-hydrogen) atoms. The first kappa shape index (κ1) is 22.1. The van der Waals surface area contributed by atoms with Crippen molar-refractivity contribution in [1.82, 2.24) is 10.2 Å². The third kappa shape index (κ3) is 5.53. The molecule has 2 fully saturated rings. The van der Waals surface area contributed by atoms with Gasteiger partial charge in [-0.15, -0.1) is 0 Å². The van der Waals surface area contributed by atoms with Crippen LogP contribution in [0, 0.1) is 11.8 Å². The van der Waals surface area contributed by atoms with Gasteiger partial charge in [-0.05, 0) is 62.0 Å². The first-order valence-electron chi connectivity index (χ1n) is 11.5. The highest BCUT2D eigenvalue weighted by molar-refractivity contribution is 5.69. The lowest BCUT2D eigenvalue weighted by Crippen LogP contribution is -2.43. The van der Waals surface area contributed by atoms with Crippen LogP contribution in [-0.4, -0.2) is 41.8 Å². The second-order valence-electron chi connectivity index (χ2n) is 10.4. The summed E-state index contributed by atoms with van der Waals surface area (Å²) < 4.78 is 5.95. The second-order valence-corrected chi connectivity index (χ2v) is 10.4. The fourth-order valence-corrected chi connectivity index (χ4v) is 4.97. The zero-order valence-electron chi connectivity index (χ0n) is 19.2. The number of hydrogen-bond acceptors (Lipinski definition) is 3. The number of carbonyl (C=O) groups is 1. The number of amides is 1. The summed E-state index contributed by atoms with van der Waals surface area (Å²) in [6, 6.07) is 9.88. The molecule has 0 saturated carbocycles. The maximum atomic E-state index is 12.8. The second kappa shape index (κ2) is 9.07. The molecule has 0 bridgehead atoms. The molecule has 0 aliphatic carbocycles. The number of ether oxygens (including phenoxy) is 1. The van der Waals surface area contributed by atoms with Crippen molar-refractivity contribution in [2.45, 2.75) is 90.8 Å². The minimum atomic E-state index is -0.514. The Labute approximate surface area is 177 Å². The highest BCUT2D eigenvalue weighted by atomic mass is 16.6. The maximum absolute atomic E-state index is 12.8. The minimum Gasteiger partial charge on any atom is -0.443 e. The first-order valence-corrected chi connectivity index (χ1v) is 11.5. The molecule has 0 aromatic heterocycles. The number of carbonyl (C=O) groups excluding carboxylic acids is 1. The molecule has 1 N–H and O–H groups in total. The van der Waals surface area contributed by atoms with Crippen LogP contribution in [0.25, 0.3) is 0 Å². The molecule has 2 heterocycles. The minimum absolute atomic E-state index is 0.153. The van der Waals surface area contributed by atoms with Crippen molar-refractivity contribution in [2.24, 2.45) is 11.8 Å². The summed E-state index contributed by atoms with van der Waals surface area (Å²) in [7, 11) is 0. The number of hydrogen-bond donors (Lipinski definition) is 1. The summed E-state index contributed by atoms with van der Waals surface area (Å²) in [5, 5.41) is 3.65. The van der Waals surface area contributed by atoms with E-state index >= 15 is 0 Å². The van der Waals surface area contributed by atoms with Gasteiger partial charge < -0.3 is 15.0 Å². The van der Waals surface area contributed by atoms with Crippen molar-refractivity contribution < 1.29 is 9.53 Å². The molecule has 0 unspecified atom stereocenters. The molecule has 4 heteroatoms.